The molecule has 0 atom stereocenters. The molecule has 0 amide bonds. The standard InChI is InChI=1S/C77H52N2/c1-5-18-53(19-6-1)55-34-42-66(43-35-55)79-75-31-16-14-29-71(75)72-51-62(39-47-76(72)79)58-23-17-22-57(48-58)56-36-40-65(41-37-56)78(67-44-38-60-49-59(32-33-61(60)50-67)54-20-7-2-8-21-54)68-45-46-70-69-28-13-15-30-73(69)77(74(70)52-68,63-24-9-3-10-25-63)64-26-11-4-12-27-64/h1-52H. The fraction of sp³-hybridized carbons (Fsp3) is 0.0130. The number of hydrogen-bond acceptors (Lipinski definition) is 1. The maximum atomic E-state index is 2.46. The molecule has 14 aromatic rings. The number of anilines is 3. The van der Waals surface area contributed by atoms with Crippen LogP contribution >= 0.6 is 0 Å². The molecule has 79 heavy (non-hydrogen) atoms. The fourth-order valence-electron chi connectivity index (χ4n) is 12.7. The minimum atomic E-state index is -0.529. The zero-order valence-corrected chi connectivity index (χ0v) is 43.4. The normalized spacial score (nSPS) is 12.4. The zero-order chi connectivity index (χ0) is 52.3. The van der Waals surface area contributed by atoms with Crippen molar-refractivity contribution in [2.75, 3.05) is 4.90 Å². The van der Waals surface area contributed by atoms with Gasteiger partial charge in [0.05, 0.1) is 16.4 Å². The number of fused-ring (bicyclic) bond motifs is 7. The largest absolute Gasteiger partial charge is 0.310 e. The Morgan fingerprint density at radius 1 is 0.253 bits per heavy atom. The molecule has 0 aliphatic heterocycles. The highest BCUT2D eigenvalue weighted by Gasteiger charge is 2.46. The van der Waals surface area contributed by atoms with Crippen LogP contribution in [0.3, 0.4) is 0 Å². The molecule has 0 spiro atoms. The van der Waals surface area contributed by atoms with Crippen LogP contribution in [-0.2, 0) is 5.41 Å². The first-order valence-electron chi connectivity index (χ1n) is 27.3. The molecular formula is C77H52N2. The lowest BCUT2D eigenvalue weighted by molar-refractivity contribution is 0.768. The summed E-state index contributed by atoms with van der Waals surface area (Å²) >= 11 is 0. The van der Waals surface area contributed by atoms with Crippen molar-refractivity contribution in [3.8, 4) is 61.3 Å². The van der Waals surface area contributed by atoms with Gasteiger partial charge in [0.2, 0.25) is 0 Å². The van der Waals surface area contributed by atoms with Crippen LogP contribution in [0, 0.1) is 0 Å². The number of para-hydroxylation sites is 1. The van der Waals surface area contributed by atoms with Gasteiger partial charge in [-0.05, 0) is 168 Å². The Labute approximate surface area is 461 Å². The zero-order valence-electron chi connectivity index (χ0n) is 43.4. The molecule has 0 saturated heterocycles. The van der Waals surface area contributed by atoms with Crippen molar-refractivity contribution in [2.45, 2.75) is 5.41 Å². The lowest BCUT2D eigenvalue weighted by atomic mass is 9.67. The maximum Gasteiger partial charge on any atom is 0.0714 e. The molecule has 0 fully saturated rings. The predicted molar refractivity (Wildman–Crippen MR) is 332 cm³/mol. The molecular weight excluding hydrogens is 953 g/mol. The van der Waals surface area contributed by atoms with E-state index >= 15 is 0 Å². The van der Waals surface area contributed by atoms with E-state index in [-0.39, 0.29) is 0 Å². The number of aromatic nitrogens is 1. The van der Waals surface area contributed by atoms with Crippen molar-refractivity contribution in [3.05, 3.63) is 338 Å². The highest BCUT2D eigenvalue weighted by molar-refractivity contribution is 6.10. The molecule has 13 aromatic carbocycles. The van der Waals surface area contributed by atoms with Crippen molar-refractivity contribution in [2.24, 2.45) is 0 Å². The second-order valence-corrected chi connectivity index (χ2v) is 20.8. The van der Waals surface area contributed by atoms with Crippen molar-refractivity contribution < 1.29 is 0 Å². The Morgan fingerprint density at radius 2 is 0.709 bits per heavy atom. The summed E-state index contributed by atoms with van der Waals surface area (Å²) < 4.78 is 2.40. The fourth-order valence-corrected chi connectivity index (χ4v) is 12.7. The van der Waals surface area contributed by atoms with Crippen LogP contribution in [-0.4, -0.2) is 4.57 Å². The van der Waals surface area contributed by atoms with Gasteiger partial charge in [-0.15, -0.1) is 0 Å². The highest BCUT2D eigenvalue weighted by Crippen LogP contribution is 2.57. The highest BCUT2D eigenvalue weighted by atomic mass is 15.1. The van der Waals surface area contributed by atoms with Crippen molar-refractivity contribution in [3.63, 3.8) is 0 Å². The van der Waals surface area contributed by atoms with E-state index in [1.807, 2.05) is 0 Å². The van der Waals surface area contributed by atoms with Crippen LogP contribution in [0.2, 0.25) is 0 Å². The van der Waals surface area contributed by atoms with E-state index in [4.69, 9.17) is 0 Å². The monoisotopic (exact) mass is 1000 g/mol. The number of benzene rings is 13. The number of rotatable bonds is 10. The molecule has 0 bridgehead atoms. The molecule has 1 aliphatic rings. The van der Waals surface area contributed by atoms with E-state index in [0.29, 0.717) is 0 Å². The van der Waals surface area contributed by atoms with E-state index in [9.17, 15) is 0 Å². The van der Waals surface area contributed by atoms with Crippen molar-refractivity contribution in [1.82, 2.24) is 4.57 Å². The Balaban J connectivity index is 0.827. The molecule has 1 aliphatic carbocycles. The first kappa shape index (κ1) is 46.1. The van der Waals surface area contributed by atoms with Gasteiger partial charge in [-0.3, -0.25) is 0 Å². The van der Waals surface area contributed by atoms with E-state index < -0.39 is 5.41 Å². The summed E-state index contributed by atoms with van der Waals surface area (Å²) in [6.45, 7) is 0. The van der Waals surface area contributed by atoms with Gasteiger partial charge < -0.3 is 9.47 Å². The molecule has 0 unspecified atom stereocenters. The molecule has 0 saturated carbocycles. The van der Waals surface area contributed by atoms with Crippen molar-refractivity contribution in [1.29, 1.82) is 0 Å². The summed E-state index contributed by atoms with van der Waals surface area (Å²) in [4.78, 5) is 2.44. The SMILES string of the molecule is c1ccc(-c2ccc(-n3c4ccccc4c4cc(-c5cccc(-c6ccc(N(c7ccc8c(c7)C(c7ccccc7)(c7ccccc7)c7ccccc7-8)c7ccc8cc(-c9ccccc9)ccc8c7)cc6)c5)ccc43)cc2)cc1. The van der Waals surface area contributed by atoms with E-state index in [1.165, 1.54) is 105 Å². The minimum Gasteiger partial charge on any atom is -0.310 e. The Bertz CT molecular complexity index is 4520. The van der Waals surface area contributed by atoms with E-state index in [2.05, 4.69) is 325 Å². The molecule has 0 radical (unpaired) electrons. The second-order valence-electron chi connectivity index (χ2n) is 20.8. The summed E-state index contributed by atoms with van der Waals surface area (Å²) in [6, 6.07) is 116. The van der Waals surface area contributed by atoms with Gasteiger partial charge in [-0.25, -0.2) is 0 Å². The molecule has 2 heteroatoms. The van der Waals surface area contributed by atoms with Gasteiger partial charge in [0.25, 0.3) is 0 Å². The second kappa shape index (κ2) is 19.1. The van der Waals surface area contributed by atoms with Crippen molar-refractivity contribution >= 4 is 49.6 Å². The molecule has 1 aromatic heterocycles. The Hall–Kier alpha value is -10.3. The van der Waals surface area contributed by atoms with E-state index in [0.717, 1.165) is 28.3 Å². The van der Waals surface area contributed by atoms with Gasteiger partial charge in [0.15, 0.2) is 0 Å². The van der Waals surface area contributed by atoms with E-state index in [1.54, 1.807) is 0 Å². The Kier molecular flexibility index (Phi) is 11.1. The lowest BCUT2D eigenvalue weighted by Crippen LogP contribution is -2.28. The third-order valence-electron chi connectivity index (χ3n) is 16.4. The first-order valence-corrected chi connectivity index (χ1v) is 27.3. The first-order chi connectivity index (χ1) is 39.2. The van der Waals surface area contributed by atoms with Crippen LogP contribution in [0.15, 0.2) is 315 Å². The summed E-state index contributed by atoms with van der Waals surface area (Å²) in [5, 5.41) is 4.87. The smallest absolute Gasteiger partial charge is 0.0714 e. The third-order valence-corrected chi connectivity index (χ3v) is 16.4. The summed E-state index contributed by atoms with van der Waals surface area (Å²) in [5.74, 6) is 0. The van der Waals surface area contributed by atoms with Gasteiger partial charge in [-0.1, -0.05) is 237 Å². The van der Waals surface area contributed by atoms with Gasteiger partial charge >= 0.3 is 0 Å². The van der Waals surface area contributed by atoms with Crippen LogP contribution in [0.25, 0.3) is 93.9 Å². The molecule has 370 valence electrons. The third kappa shape index (κ3) is 7.79. The lowest BCUT2D eigenvalue weighted by Gasteiger charge is -2.35. The molecule has 1 heterocycles. The van der Waals surface area contributed by atoms with Gasteiger partial charge in [0, 0.05) is 33.5 Å². The van der Waals surface area contributed by atoms with Crippen LogP contribution < -0.4 is 4.90 Å². The topological polar surface area (TPSA) is 8.17 Å². The molecule has 2 nitrogen and oxygen atoms in total. The minimum absolute atomic E-state index is 0.529. The molecule has 15 rings (SSSR count). The summed E-state index contributed by atoms with van der Waals surface area (Å²) in [6.07, 6.45) is 0. The average Bonchev–Trinajstić information content (AvgIpc) is 4.20. The maximum absolute atomic E-state index is 2.46. The number of hydrogen-bond donors (Lipinski definition) is 0. The van der Waals surface area contributed by atoms with Crippen LogP contribution in [0.1, 0.15) is 22.3 Å². The Morgan fingerprint density at radius 3 is 1.44 bits per heavy atom. The summed E-state index contributed by atoms with van der Waals surface area (Å²) in [7, 11) is 0. The quantitative estimate of drug-likeness (QED) is 0.133. The molecule has 0 N–H and O–H groups in total. The predicted octanol–water partition coefficient (Wildman–Crippen LogP) is 20.4. The number of nitrogens with zero attached hydrogens (tertiary/aromatic N) is 2. The van der Waals surface area contributed by atoms with Gasteiger partial charge in [-0.2, -0.15) is 0 Å². The van der Waals surface area contributed by atoms with Gasteiger partial charge in [0.1, 0.15) is 0 Å². The summed E-state index contributed by atoms with van der Waals surface area (Å²) in [5.41, 5.74) is 23.4. The van der Waals surface area contributed by atoms with Crippen LogP contribution in [0.4, 0.5) is 17.1 Å². The van der Waals surface area contributed by atoms with Crippen LogP contribution in [0.5, 0.6) is 0 Å². The average molecular weight is 1010 g/mol.